The molecule has 0 bridgehead atoms. The van der Waals surface area contributed by atoms with Crippen LogP contribution in [0, 0.1) is 6.92 Å². The third kappa shape index (κ3) is 4.75. The van der Waals surface area contributed by atoms with Crippen LogP contribution in [0.25, 0.3) is 5.69 Å². The number of carbonyl (C=O) groups is 1. The van der Waals surface area contributed by atoms with E-state index in [0.29, 0.717) is 13.0 Å². The van der Waals surface area contributed by atoms with E-state index >= 15 is 0 Å². The molecule has 0 amide bonds. The number of nitrogens with one attached hydrogen (secondary N) is 2. The number of hydrogen-bond donors (Lipinski definition) is 2. The number of nitrogens with zero attached hydrogens (tertiary/aromatic N) is 1. The normalized spacial score (nSPS) is 12.0. The maximum absolute atomic E-state index is 11.9. The van der Waals surface area contributed by atoms with Crippen molar-refractivity contribution >= 4 is 11.7 Å². The van der Waals surface area contributed by atoms with E-state index in [1.165, 1.54) is 0 Å². The van der Waals surface area contributed by atoms with E-state index in [-0.39, 0.29) is 17.7 Å². The molecule has 1 atom stereocenters. The molecule has 1 aromatic carbocycles. The topological polar surface area (TPSA) is 76.1 Å². The van der Waals surface area contributed by atoms with E-state index in [9.17, 15) is 9.59 Å². The summed E-state index contributed by atoms with van der Waals surface area (Å²) in [6.45, 7) is 6.20. The molecule has 0 saturated heterocycles. The predicted octanol–water partition coefficient (Wildman–Crippen LogP) is 3.01. The number of imidazole rings is 1. The molecule has 1 aromatic heterocycles. The van der Waals surface area contributed by atoms with Crippen molar-refractivity contribution in [3.8, 4) is 5.69 Å². The zero-order chi connectivity index (χ0) is 17.5. The average Bonchev–Trinajstić information content (AvgIpc) is 2.86. The fourth-order valence-corrected chi connectivity index (χ4v) is 2.65. The summed E-state index contributed by atoms with van der Waals surface area (Å²) in [5, 5.41) is 3.41. The van der Waals surface area contributed by atoms with Crippen molar-refractivity contribution in [2.75, 3.05) is 11.9 Å². The first-order valence-corrected chi connectivity index (χ1v) is 8.31. The summed E-state index contributed by atoms with van der Waals surface area (Å²) in [6.07, 6.45) is 3.79. The summed E-state index contributed by atoms with van der Waals surface area (Å²) < 4.78 is 6.56. The van der Waals surface area contributed by atoms with Crippen molar-refractivity contribution in [2.24, 2.45) is 0 Å². The Labute approximate surface area is 141 Å². The highest BCUT2D eigenvalue weighted by molar-refractivity contribution is 5.69. The lowest BCUT2D eigenvalue weighted by Gasteiger charge is -2.16. The van der Waals surface area contributed by atoms with Crippen LogP contribution in [0.4, 0.5) is 5.69 Å². The minimum atomic E-state index is -0.146. The molecule has 0 spiro atoms. The number of aryl methyl sites for hydroxylation is 1. The molecule has 0 saturated carbocycles. The third-order valence-electron chi connectivity index (χ3n) is 3.80. The average molecular weight is 331 g/mol. The number of rotatable bonds is 8. The van der Waals surface area contributed by atoms with Crippen LogP contribution in [0.15, 0.2) is 35.3 Å². The van der Waals surface area contributed by atoms with Gasteiger partial charge < -0.3 is 15.0 Å². The lowest BCUT2D eigenvalue weighted by Crippen LogP contribution is -2.18. The summed E-state index contributed by atoms with van der Waals surface area (Å²) in [5.74, 6) is -0.144. The molecular weight excluding hydrogens is 306 g/mol. The monoisotopic (exact) mass is 331 g/mol. The fourth-order valence-electron chi connectivity index (χ4n) is 2.65. The van der Waals surface area contributed by atoms with Gasteiger partial charge in [-0.15, -0.1) is 0 Å². The van der Waals surface area contributed by atoms with Crippen molar-refractivity contribution in [1.29, 1.82) is 0 Å². The van der Waals surface area contributed by atoms with E-state index < -0.39 is 0 Å². The molecule has 2 N–H and O–H groups in total. The molecule has 6 nitrogen and oxygen atoms in total. The number of ether oxygens (including phenoxy) is 1. The highest BCUT2D eigenvalue weighted by Crippen LogP contribution is 2.17. The molecule has 0 aliphatic carbocycles. The highest BCUT2D eigenvalue weighted by atomic mass is 16.5. The molecule has 1 heterocycles. The maximum atomic E-state index is 11.9. The van der Waals surface area contributed by atoms with Gasteiger partial charge in [-0.05, 0) is 51.8 Å². The fraction of sp³-hybridized carbons (Fsp3) is 0.444. The number of hydrogen-bond acceptors (Lipinski definition) is 4. The summed E-state index contributed by atoms with van der Waals surface area (Å²) in [7, 11) is 0. The number of H-pyrrole nitrogens is 1. The van der Waals surface area contributed by atoms with E-state index in [2.05, 4.69) is 17.2 Å². The Morgan fingerprint density at radius 3 is 2.88 bits per heavy atom. The first-order chi connectivity index (χ1) is 11.5. The molecule has 1 unspecified atom stereocenters. The van der Waals surface area contributed by atoms with Gasteiger partial charge in [0.1, 0.15) is 0 Å². The van der Waals surface area contributed by atoms with Gasteiger partial charge in [0.2, 0.25) is 0 Å². The Hall–Kier alpha value is -2.50. The Morgan fingerprint density at radius 2 is 2.21 bits per heavy atom. The number of esters is 1. The van der Waals surface area contributed by atoms with Crippen molar-refractivity contribution in [3.63, 3.8) is 0 Å². The molecule has 6 heteroatoms. The van der Waals surface area contributed by atoms with Crippen LogP contribution in [0.5, 0.6) is 0 Å². The molecule has 130 valence electrons. The van der Waals surface area contributed by atoms with E-state index in [1.807, 2.05) is 38.1 Å². The van der Waals surface area contributed by atoms with Crippen molar-refractivity contribution in [1.82, 2.24) is 9.55 Å². The van der Waals surface area contributed by atoms with Gasteiger partial charge in [0, 0.05) is 30.0 Å². The predicted molar refractivity (Wildman–Crippen MR) is 94.7 cm³/mol. The van der Waals surface area contributed by atoms with Crippen LogP contribution in [0.1, 0.15) is 38.8 Å². The second kappa shape index (κ2) is 8.38. The highest BCUT2D eigenvalue weighted by Gasteiger charge is 2.08. The van der Waals surface area contributed by atoms with E-state index in [4.69, 9.17) is 4.74 Å². The summed E-state index contributed by atoms with van der Waals surface area (Å²) >= 11 is 0. The Bertz CT molecular complexity index is 733. The van der Waals surface area contributed by atoms with Gasteiger partial charge in [-0.1, -0.05) is 6.07 Å². The van der Waals surface area contributed by atoms with Crippen LogP contribution in [0.3, 0.4) is 0 Å². The SMILES string of the molecule is CCOC(=O)CCCC(C)Nc1cccc(-n2c(C)c[nH]c2=O)c1. The molecule has 0 radical (unpaired) electrons. The minimum absolute atomic E-state index is 0.144. The van der Waals surface area contributed by atoms with Gasteiger partial charge in [0.15, 0.2) is 0 Å². The Morgan fingerprint density at radius 1 is 1.42 bits per heavy atom. The Kier molecular flexibility index (Phi) is 6.23. The molecule has 2 rings (SSSR count). The summed E-state index contributed by atoms with van der Waals surface area (Å²) in [5.41, 5.74) is 2.48. The second-order valence-corrected chi connectivity index (χ2v) is 5.86. The van der Waals surface area contributed by atoms with Crippen LogP contribution < -0.4 is 11.0 Å². The summed E-state index contributed by atoms with van der Waals surface area (Å²) in [6, 6.07) is 7.96. The maximum Gasteiger partial charge on any atom is 0.330 e. The number of benzene rings is 1. The first-order valence-electron chi connectivity index (χ1n) is 8.31. The van der Waals surface area contributed by atoms with E-state index in [1.54, 1.807) is 10.8 Å². The van der Waals surface area contributed by atoms with Crippen LogP contribution >= 0.6 is 0 Å². The molecule has 24 heavy (non-hydrogen) atoms. The molecule has 0 aliphatic rings. The molecular formula is C18H25N3O3. The van der Waals surface area contributed by atoms with Crippen LogP contribution in [0.2, 0.25) is 0 Å². The number of aromatic nitrogens is 2. The van der Waals surface area contributed by atoms with Crippen molar-refractivity contribution < 1.29 is 9.53 Å². The van der Waals surface area contributed by atoms with Gasteiger partial charge >= 0.3 is 11.7 Å². The minimum Gasteiger partial charge on any atom is -0.466 e. The number of aromatic amines is 1. The van der Waals surface area contributed by atoms with Gasteiger partial charge in [-0.2, -0.15) is 0 Å². The van der Waals surface area contributed by atoms with Crippen LogP contribution in [-0.4, -0.2) is 28.2 Å². The number of anilines is 1. The lowest BCUT2D eigenvalue weighted by molar-refractivity contribution is -0.143. The van der Waals surface area contributed by atoms with Crippen molar-refractivity contribution in [3.05, 3.63) is 46.6 Å². The molecule has 0 aliphatic heterocycles. The van der Waals surface area contributed by atoms with Gasteiger partial charge in [0.25, 0.3) is 0 Å². The molecule has 0 fully saturated rings. The van der Waals surface area contributed by atoms with Gasteiger partial charge in [-0.25, -0.2) is 4.79 Å². The van der Waals surface area contributed by atoms with Gasteiger partial charge in [-0.3, -0.25) is 9.36 Å². The Balaban J connectivity index is 1.95. The van der Waals surface area contributed by atoms with E-state index in [0.717, 1.165) is 29.9 Å². The summed E-state index contributed by atoms with van der Waals surface area (Å²) in [4.78, 5) is 25.9. The van der Waals surface area contributed by atoms with Crippen molar-refractivity contribution in [2.45, 2.75) is 46.1 Å². The standard InChI is InChI=1S/C18H25N3O3/c1-4-24-17(22)10-5-7-13(2)20-15-8-6-9-16(11-15)21-14(3)12-19-18(21)23/h6,8-9,11-13,20H,4-5,7,10H2,1-3H3,(H,19,23). The number of carbonyl (C=O) groups excluding carboxylic acids is 1. The zero-order valence-electron chi connectivity index (χ0n) is 14.5. The zero-order valence-corrected chi connectivity index (χ0v) is 14.5. The molecule has 2 aromatic rings. The van der Waals surface area contributed by atoms with Crippen LogP contribution in [-0.2, 0) is 9.53 Å². The smallest absolute Gasteiger partial charge is 0.330 e. The van der Waals surface area contributed by atoms with Gasteiger partial charge in [0.05, 0.1) is 12.3 Å². The second-order valence-electron chi connectivity index (χ2n) is 5.86. The third-order valence-corrected chi connectivity index (χ3v) is 3.80. The quantitative estimate of drug-likeness (QED) is 0.729. The largest absolute Gasteiger partial charge is 0.466 e. The lowest BCUT2D eigenvalue weighted by atomic mass is 10.1. The first kappa shape index (κ1) is 17.8.